The first-order valence-electron chi connectivity index (χ1n) is 4.74. The Morgan fingerprint density at radius 1 is 1.38 bits per heavy atom. The van der Waals surface area contributed by atoms with Crippen molar-refractivity contribution in [1.29, 1.82) is 0 Å². The van der Waals surface area contributed by atoms with E-state index in [0.717, 1.165) is 0 Å². The summed E-state index contributed by atoms with van der Waals surface area (Å²) >= 11 is 0. The fraction of sp³-hybridized carbons (Fsp3) is 0.167. The smallest absolute Gasteiger partial charge is 0.164 e. The number of aliphatic imine (C=N–C) groups is 1. The molecule has 0 saturated heterocycles. The molecule has 0 unspecified atom stereocenters. The molecule has 4 nitrogen and oxygen atoms in total. The van der Waals surface area contributed by atoms with Gasteiger partial charge in [0, 0.05) is 12.3 Å². The summed E-state index contributed by atoms with van der Waals surface area (Å²) in [6, 6.07) is 6.31. The summed E-state index contributed by atoms with van der Waals surface area (Å²) in [6.07, 6.45) is 1.28. The number of benzene rings is 1. The molecule has 1 aromatic carbocycles. The third kappa shape index (κ3) is 3.24. The lowest BCUT2D eigenvalue weighted by molar-refractivity contribution is -0.113. The van der Waals surface area contributed by atoms with Gasteiger partial charge in [-0.15, -0.1) is 0 Å². The van der Waals surface area contributed by atoms with Crippen molar-refractivity contribution in [2.24, 2.45) is 4.99 Å². The molecule has 1 rings (SSSR count). The van der Waals surface area contributed by atoms with E-state index in [1.807, 2.05) is 0 Å². The van der Waals surface area contributed by atoms with E-state index >= 15 is 0 Å². The van der Waals surface area contributed by atoms with Crippen LogP contribution in [0.15, 0.2) is 40.6 Å². The minimum Gasteiger partial charge on any atom is -0.512 e. The Labute approximate surface area is 93.6 Å². The lowest BCUT2D eigenvalue weighted by Crippen LogP contribution is -2.01. The van der Waals surface area contributed by atoms with Crippen molar-refractivity contribution >= 4 is 17.7 Å². The third-order valence-corrected chi connectivity index (χ3v) is 1.94. The van der Waals surface area contributed by atoms with Gasteiger partial charge in [-0.3, -0.25) is 9.79 Å². The van der Waals surface area contributed by atoms with Gasteiger partial charge in [0.15, 0.2) is 5.78 Å². The molecule has 0 bridgehead atoms. The number of aromatic hydroxyl groups is 1. The number of carbonyl (C=O) groups is 1. The highest BCUT2D eigenvalue weighted by Crippen LogP contribution is 2.18. The molecule has 0 fully saturated rings. The van der Waals surface area contributed by atoms with Crippen LogP contribution < -0.4 is 0 Å². The number of nitrogens with zero attached hydrogens (tertiary/aromatic N) is 1. The average Bonchev–Trinajstić information content (AvgIpc) is 2.16. The number of rotatable bonds is 3. The Morgan fingerprint density at radius 2 is 2.06 bits per heavy atom. The molecule has 0 atom stereocenters. The number of Topliss-reactive ketones (excluding diaryl/α,β-unsaturated/α-hetero) is 1. The summed E-state index contributed by atoms with van der Waals surface area (Å²) in [5.74, 6) is -0.232. The quantitative estimate of drug-likeness (QED) is 0.466. The minimum absolute atomic E-state index is 0.0728. The molecule has 1 aromatic rings. The zero-order chi connectivity index (χ0) is 12.1. The van der Waals surface area contributed by atoms with Crippen molar-refractivity contribution in [3.8, 4) is 5.75 Å². The van der Waals surface area contributed by atoms with E-state index in [2.05, 4.69) is 4.99 Å². The number of phenols is 1. The molecular formula is C12H13NO3. The number of aliphatic hydroxyl groups excluding tert-OH is 1. The van der Waals surface area contributed by atoms with Gasteiger partial charge < -0.3 is 10.2 Å². The van der Waals surface area contributed by atoms with E-state index in [4.69, 9.17) is 0 Å². The SMILES string of the molecule is CC(=O)C(C=Nc1cccc(O)c1)=C(C)O. The molecule has 0 amide bonds. The Kier molecular flexibility index (Phi) is 3.83. The zero-order valence-electron chi connectivity index (χ0n) is 9.14. The number of allylic oxidation sites excluding steroid dienone is 2. The number of aliphatic hydroxyl groups is 1. The molecule has 0 aliphatic heterocycles. The summed E-state index contributed by atoms with van der Waals surface area (Å²) in [7, 11) is 0. The lowest BCUT2D eigenvalue weighted by Gasteiger charge is -1.98. The molecule has 0 aliphatic rings. The molecule has 0 aliphatic carbocycles. The molecule has 16 heavy (non-hydrogen) atoms. The second-order valence-corrected chi connectivity index (χ2v) is 3.33. The lowest BCUT2D eigenvalue weighted by atomic mass is 10.2. The predicted molar refractivity (Wildman–Crippen MR) is 62.3 cm³/mol. The second-order valence-electron chi connectivity index (χ2n) is 3.33. The van der Waals surface area contributed by atoms with Crippen LogP contribution in [-0.4, -0.2) is 22.2 Å². The molecule has 84 valence electrons. The van der Waals surface area contributed by atoms with Crippen LogP contribution in [0.25, 0.3) is 0 Å². The van der Waals surface area contributed by atoms with E-state index in [0.29, 0.717) is 5.69 Å². The monoisotopic (exact) mass is 219 g/mol. The third-order valence-electron chi connectivity index (χ3n) is 1.94. The maximum absolute atomic E-state index is 11.1. The summed E-state index contributed by atoms with van der Waals surface area (Å²) < 4.78 is 0. The van der Waals surface area contributed by atoms with Crippen LogP contribution in [0.5, 0.6) is 5.75 Å². The normalized spacial score (nSPS) is 12.6. The van der Waals surface area contributed by atoms with Gasteiger partial charge in [-0.1, -0.05) is 6.07 Å². The van der Waals surface area contributed by atoms with Crippen molar-refractivity contribution in [1.82, 2.24) is 0 Å². The second kappa shape index (κ2) is 5.11. The van der Waals surface area contributed by atoms with Gasteiger partial charge >= 0.3 is 0 Å². The van der Waals surface area contributed by atoms with Crippen LogP contribution in [-0.2, 0) is 4.79 Å². The Bertz CT molecular complexity index is 457. The van der Waals surface area contributed by atoms with Gasteiger partial charge in [0.2, 0.25) is 0 Å². The topological polar surface area (TPSA) is 69.9 Å². The summed E-state index contributed by atoms with van der Waals surface area (Å²) in [4.78, 5) is 15.1. The molecular weight excluding hydrogens is 206 g/mol. The van der Waals surface area contributed by atoms with E-state index in [9.17, 15) is 15.0 Å². The van der Waals surface area contributed by atoms with Crippen molar-refractivity contribution in [3.05, 3.63) is 35.6 Å². The largest absolute Gasteiger partial charge is 0.512 e. The van der Waals surface area contributed by atoms with Crippen molar-refractivity contribution < 1.29 is 15.0 Å². The average molecular weight is 219 g/mol. The minimum atomic E-state index is -0.260. The van der Waals surface area contributed by atoms with Gasteiger partial charge in [0.25, 0.3) is 0 Å². The zero-order valence-corrected chi connectivity index (χ0v) is 9.14. The highest BCUT2D eigenvalue weighted by molar-refractivity contribution is 6.12. The Morgan fingerprint density at radius 3 is 2.56 bits per heavy atom. The molecule has 0 saturated carbocycles. The van der Waals surface area contributed by atoms with Crippen molar-refractivity contribution in [2.45, 2.75) is 13.8 Å². The number of carbonyl (C=O) groups excluding carboxylic acids is 1. The highest BCUT2D eigenvalue weighted by Gasteiger charge is 2.04. The van der Waals surface area contributed by atoms with Crippen LogP contribution in [0.2, 0.25) is 0 Å². The maximum Gasteiger partial charge on any atom is 0.164 e. The summed E-state index contributed by atoms with van der Waals surface area (Å²) in [5, 5.41) is 18.4. The molecule has 4 heteroatoms. The van der Waals surface area contributed by atoms with Gasteiger partial charge in [-0.05, 0) is 26.0 Å². The molecule has 0 heterocycles. The Balaban J connectivity index is 2.96. The fourth-order valence-electron chi connectivity index (χ4n) is 1.15. The number of ketones is 1. The van der Waals surface area contributed by atoms with Crippen molar-refractivity contribution in [3.63, 3.8) is 0 Å². The Hall–Kier alpha value is -2.10. The van der Waals surface area contributed by atoms with Crippen LogP contribution in [0.4, 0.5) is 5.69 Å². The van der Waals surface area contributed by atoms with Gasteiger partial charge in [0.05, 0.1) is 11.3 Å². The van der Waals surface area contributed by atoms with E-state index in [-0.39, 0.29) is 22.9 Å². The predicted octanol–water partition coefficient (Wildman–Crippen LogP) is 2.52. The summed E-state index contributed by atoms with van der Waals surface area (Å²) in [5.41, 5.74) is 0.670. The molecule has 0 spiro atoms. The van der Waals surface area contributed by atoms with E-state index < -0.39 is 0 Å². The molecule has 2 N–H and O–H groups in total. The fourth-order valence-corrected chi connectivity index (χ4v) is 1.15. The number of phenolic OH excluding ortho intramolecular Hbond substituents is 1. The van der Waals surface area contributed by atoms with Gasteiger partial charge in [-0.25, -0.2) is 0 Å². The first kappa shape index (κ1) is 12.0. The van der Waals surface area contributed by atoms with Crippen LogP contribution in [0.3, 0.4) is 0 Å². The maximum atomic E-state index is 11.1. The van der Waals surface area contributed by atoms with Gasteiger partial charge in [0.1, 0.15) is 11.5 Å². The molecule has 0 radical (unpaired) electrons. The number of hydrogen-bond acceptors (Lipinski definition) is 4. The van der Waals surface area contributed by atoms with Crippen molar-refractivity contribution in [2.75, 3.05) is 0 Å². The molecule has 0 aromatic heterocycles. The highest BCUT2D eigenvalue weighted by atomic mass is 16.3. The summed E-state index contributed by atoms with van der Waals surface area (Å²) in [6.45, 7) is 2.77. The van der Waals surface area contributed by atoms with Crippen LogP contribution in [0.1, 0.15) is 13.8 Å². The van der Waals surface area contributed by atoms with Crippen LogP contribution in [0, 0.1) is 0 Å². The standard InChI is InChI=1S/C12H13NO3/c1-8(14)12(9(2)15)7-13-10-4-3-5-11(16)6-10/h3-7,14,16H,1-2H3. The van der Waals surface area contributed by atoms with Gasteiger partial charge in [-0.2, -0.15) is 0 Å². The van der Waals surface area contributed by atoms with E-state index in [1.54, 1.807) is 12.1 Å². The van der Waals surface area contributed by atoms with Crippen LogP contribution >= 0.6 is 0 Å². The van der Waals surface area contributed by atoms with E-state index in [1.165, 1.54) is 32.2 Å². The first-order valence-corrected chi connectivity index (χ1v) is 4.74. The number of hydrogen-bond donors (Lipinski definition) is 2. The first-order chi connectivity index (χ1) is 7.50.